The van der Waals surface area contributed by atoms with Crippen LogP contribution in [0.3, 0.4) is 0 Å². The molecule has 0 saturated heterocycles. The summed E-state index contributed by atoms with van der Waals surface area (Å²) in [6, 6.07) is 9.81. The Hall–Kier alpha value is -2.80. The number of nitrogens with zero attached hydrogens (tertiary/aromatic N) is 3. The summed E-state index contributed by atoms with van der Waals surface area (Å²) >= 11 is 0. The molecule has 0 aliphatic heterocycles. The number of nitrogens with one attached hydrogen (secondary N) is 1. The summed E-state index contributed by atoms with van der Waals surface area (Å²) in [6.07, 6.45) is 5.12. The molecule has 0 unspecified atom stereocenters. The number of carbonyl (C=O) groups is 2. The maximum Gasteiger partial charge on any atom is 0.257 e. The number of benzene rings is 1. The third-order valence-electron chi connectivity index (χ3n) is 6.60. The summed E-state index contributed by atoms with van der Waals surface area (Å²) in [4.78, 5) is 35.0. The van der Waals surface area contributed by atoms with Gasteiger partial charge in [0.15, 0.2) is 0 Å². The molecule has 2 amide bonds. The summed E-state index contributed by atoms with van der Waals surface area (Å²) < 4.78 is 0. The van der Waals surface area contributed by atoms with Crippen LogP contribution in [0.1, 0.15) is 74.1 Å². The van der Waals surface area contributed by atoms with Gasteiger partial charge in [0.05, 0.1) is 17.7 Å². The number of likely N-dealkylation sites (N-methyl/N-ethyl adjacent to an activating group) is 1. The van der Waals surface area contributed by atoms with Crippen molar-refractivity contribution in [2.45, 2.75) is 69.9 Å². The van der Waals surface area contributed by atoms with Crippen LogP contribution in [-0.4, -0.2) is 57.5 Å². The molecule has 1 fully saturated rings. The zero-order chi connectivity index (χ0) is 23.3. The minimum Gasteiger partial charge on any atom is -0.391 e. The molecule has 1 heterocycles. The number of aromatic nitrogens is 2. The van der Waals surface area contributed by atoms with E-state index in [0.717, 1.165) is 18.4 Å². The number of aliphatic hydroxyl groups excluding tert-OH is 1. The molecule has 0 bridgehead atoms. The van der Waals surface area contributed by atoms with Gasteiger partial charge in [0, 0.05) is 44.2 Å². The first-order chi connectivity index (χ1) is 15.2. The largest absolute Gasteiger partial charge is 0.391 e. The Morgan fingerprint density at radius 3 is 2.38 bits per heavy atom. The van der Waals surface area contributed by atoms with Crippen molar-refractivity contribution in [2.24, 2.45) is 0 Å². The van der Waals surface area contributed by atoms with E-state index in [2.05, 4.69) is 27.4 Å². The van der Waals surface area contributed by atoms with Gasteiger partial charge in [0.2, 0.25) is 5.91 Å². The second-order valence-electron chi connectivity index (χ2n) is 9.17. The van der Waals surface area contributed by atoms with E-state index in [1.165, 1.54) is 6.92 Å². The molecule has 1 aliphatic carbocycles. The van der Waals surface area contributed by atoms with Gasteiger partial charge in [0.25, 0.3) is 5.91 Å². The van der Waals surface area contributed by atoms with Crippen molar-refractivity contribution in [1.29, 1.82) is 0 Å². The van der Waals surface area contributed by atoms with Gasteiger partial charge in [-0.25, -0.2) is 9.97 Å². The van der Waals surface area contributed by atoms with Crippen molar-refractivity contribution in [3.05, 3.63) is 59.7 Å². The molecule has 0 radical (unpaired) electrons. The predicted molar refractivity (Wildman–Crippen MR) is 123 cm³/mol. The van der Waals surface area contributed by atoms with Gasteiger partial charge in [-0.2, -0.15) is 0 Å². The second kappa shape index (κ2) is 10.2. The van der Waals surface area contributed by atoms with Crippen LogP contribution in [0.15, 0.2) is 42.7 Å². The van der Waals surface area contributed by atoms with E-state index in [1.54, 1.807) is 24.3 Å². The summed E-state index contributed by atoms with van der Waals surface area (Å²) in [6.45, 7) is 6.04. The van der Waals surface area contributed by atoms with Gasteiger partial charge >= 0.3 is 0 Å². The van der Waals surface area contributed by atoms with Crippen LogP contribution in [0.25, 0.3) is 0 Å². The molecule has 3 rings (SSSR count). The van der Waals surface area contributed by atoms with Crippen LogP contribution in [0.4, 0.5) is 0 Å². The van der Waals surface area contributed by atoms with E-state index in [-0.39, 0.29) is 29.2 Å². The number of hydrogen-bond donors (Lipinski definition) is 2. The maximum atomic E-state index is 13.1. The standard InChI is InChI=1S/C25H34N4O3/c1-17(2)23-26-14-19(15-27-23)24(32)29(4)21-10-12-25(13-11-22(21)31,16-28-18(3)30)20-8-6-5-7-9-20/h5-9,14-15,17,21-22,31H,10-13,16H2,1-4H3,(H,28,30)/t21-,22-,25-/m1/s1. The lowest BCUT2D eigenvalue weighted by molar-refractivity contribution is -0.119. The van der Waals surface area contributed by atoms with E-state index in [9.17, 15) is 14.7 Å². The molecule has 172 valence electrons. The van der Waals surface area contributed by atoms with Crippen LogP contribution in [0, 0.1) is 0 Å². The highest BCUT2D eigenvalue weighted by Crippen LogP contribution is 2.39. The quantitative estimate of drug-likeness (QED) is 0.676. The minimum atomic E-state index is -0.650. The fourth-order valence-electron chi connectivity index (χ4n) is 4.56. The lowest BCUT2D eigenvalue weighted by atomic mass is 9.74. The Morgan fingerprint density at radius 1 is 1.16 bits per heavy atom. The Labute approximate surface area is 190 Å². The normalized spacial score (nSPS) is 23.4. The van der Waals surface area contributed by atoms with Crippen molar-refractivity contribution >= 4 is 11.8 Å². The van der Waals surface area contributed by atoms with E-state index >= 15 is 0 Å². The molecule has 1 aromatic carbocycles. The average molecular weight is 439 g/mol. The molecular formula is C25H34N4O3. The van der Waals surface area contributed by atoms with Crippen LogP contribution >= 0.6 is 0 Å². The first-order valence-corrected chi connectivity index (χ1v) is 11.3. The molecule has 2 N–H and O–H groups in total. The SMILES string of the molecule is CC(=O)NC[C@]1(c2ccccc2)CC[C@@H](O)[C@H](N(C)C(=O)c2cnc(C(C)C)nc2)CC1. The highest BCUT2D eigenvalue weighted by atomic mass is 16.3. The summed E-state index contributed by atoms with van der Waals surface area (Å²) in [5.41, 5.74) is 1.28. The van der Waals surface area contributed by atoms with Crippen LogP contribution < -0.4 is 5.32 Å². The topological polar surface area (TPSA) is 95.4 Å². The van der Waals surface area contributed by atoms with Crippen LogP contribution in [0.2, 0.25) is 0 Å². The number of rotatable bonds is 6. The summed E-state index contributed by atoms with van der Waals surface area (Å²) in [7, 11) is 1.73. The van der Waals surface area contributed by atoms with Gasteiger partial charge in [-0.3, -0.25) is 9.59 Å². The highest BCUT2D eigenvalue weighted by Gasteiger charge is 2.40. The second-order valence-corrected chi connectivity index (χ2v) is 9.17. The first-order valence-electron chi connectivity index (χ1n) is 11.3. The summed E-state index contributed by atoms with van der Waals surface area (Å²) in [5.74, 6) is 0.622. The van der Waals surface area contributed by atoms with Crippen molar-refractivity contribution in [1.82, 2.24) is 20.2 Å². The molecule has 7 heteroatoms. The van der Waals surface area contributed by atoms with Gasteiger partial charge in [-0.05, 0) is 31.2 Å². The number of aliphatic hydroxyl groups is 1. The van der Waals surface area contributed by atoms with Gasteiger partial charge in [-0.1, -0.05) is 44.2 Å². The predicted octanol–water partition coefficient (Wildman–Crippen LogP) is 3.05. The Bertz CT molecular complexity index is 917. The molecule has 1 aromatic heterocycles. The van der Waals surface area contributed by atoms with Crippen molar-refractivity contribution in [3.8, 4) is 0 Å². The molecule has 32 heavy (non-hydrogen) atoms. The number of amides is 2. The smallest absolute Gasteiger partial charge is 0.257 e. The molecule has 3 atom stereocenters. The first kappa shape index (κ1) is 23.9. The highest BCUT2D eigenvalue weighted by molar-refractivity contribution is 5.93. The van der Waals surface area contributed by atoms with Crippen molar-refractivity contribution < 1.29 is 14.7 Å². The Balaban J connectivity index is 1.80. The minimum absolute atomic E-state index is 0.0706. The zero-order valence-corrected chi connectivity index (χ0v) is 19.4. The molecule has 7 nitrogen and oxygen atoms in total. The Morgan fingerprint density at radius 2 is 1.78 bits per heavy atom. The third kappa shape index (κ3) is 5.33. The van der Waals surface area contributed by atoms with E-state index in [4.69, 9.17) is 0 Å². The van der Waals surface area contributed by atoms with Gasteiger partial charge in [-0.15, -0.1) is 0 Å². The van der Waals surface area contributed by atoms with E-state index in [1.807, 2.05) is 32.0 Å². The maximum absolute atomic E-state index is 13.1. The number of hydrogen-bond acceptors (Lipinski definition) is 5. The number of carbonyl (C=O) groups excluding carboxylic acids is 2. The van der Waals surface area contributed by atoms with Gasteiger partial charge < -0.3 is 15.3 Å². The van der Waals surface area contributed by atoms with E-state index < -0.39 is 6.10 Å². The summed E-state index contributed by atoms with van der Waals surface area (Å²) in [5, 5.41) is 14.0. The van der Waals surface area contributed by atoms with Crippen molar-refractivity contribution in [3.63, 3.8) is 0 Å². The monoisotopic (exact) mass is 438 g/mol. The van der Waals surface area contributed by atoms with Crippen molar-refractivity contribution in [2.75, 3.05) is 13.6 Å². The van der Waals surface area contributed by atoms with Crippen LogP contribution in [0.5, 0.6) is 0 Å². The fraction of sp³-hybridized carbons (Fsp3) is 0.520. The lowest BCUT2D eigenvalue weighted by Gasteiger charge is -2.34. The molecule has 1 saturated carbocycles. The van der Waals surface area contributed by atoms with Crippen LogP contribution in [-0.2, 0) is 10.2 Å². The Kier molecular flexibility index (Phi) is 7.61. The molecule has 1 aliphatic rings. The fourth-order valence-corrected chi connectivity index (χ4v) is 4.56. The zero-order valence-electron chi connectivity index (χ0n) is 19.4. The third-order valence-corrected chi connectivity index (χ3v) is 6.60. The molecule has 0 spiro atoms. The molecular weight excluding hydrogens is 404 g/mol. The lowest BCUT2D eigenvalue weighted by Crippen LogP contribution is -2.44. The van der Waals surface area contributed by atoms with Gasteiger partial charge in [0.1, 0.15) is 5.82 Å². The van der Waals surface area contributed by atoms with E-state index in [0.29, 0.717) is 30.8 Å². The average Bonchev–Trinajstić information content (AvgIpc) is 2.97. The molecule has 2 aromatic rings.